The van der Waals surface area contributed by atoms with Crippen molar-refractivity contribution < 1.29 is 31.5 Å². The summed E-state index contributed by atoms with van der Waals surface area (Å²) >= 11 is 0. The van der Waals surface area contributed by atoms with E-state index in [0.717, 1.165) is 23.3 Å². The second kappa shape index (κ2) is 10.2. The molecule has 0 aliphatic rings. The van der Waals surface area contributed by atoms with Crippen molar-refractivity contribution in [3.05, 3.63) is 83.7 Å². The van der Waals surface area contributed by atoms with Gasteiger partial charge in [-0.1, -0.05) is 6.07 Å². The lowest BCUT2D eigenvalue weighted by molar-refractivity contribution is 0.0950. The number of nitrogens with one attached hydrogen (secondary N) is 1. The van der Waals surface area contributed by atoms with E-state index in [0.29, 0.717) is 18.1 Å². The number of alkyl halides is 2. The topological polar surface area (TPSA) is 94.6 Å². The number of halogens is 2. The number of aromatic nitrogens is 1. The number of pyridine rings is 1. The Hall–Kier alpha value is -3.53. The summed E-state index contributed by atoms with van der Waals surface area (Å²) in [5, 5.41) is 2.68. The normalized spacial score (nSPS) is 11.2. The summed E-state index contributed by atoms with van der Waals surface area (Å²) in [7, 11) is -3.20. The molecule has 0 saturated heterocycles. The van der Waals surface area contributed by atoms with Crippen LogP contribution in [-0.4, -0.2) is 32.2 Å². The third-order valence-electron chi connectivity index (χ3n) is 4.50. The van der Waals surface area contributed by atoms with Crippen LogP contribution in [0.5, 0.6) is 11.5 Å². The lowest BCUT2D eigenvalue weighted by Gasteiger charge is -2.13. The van der Waals surface area contributed by atoms with Gasteiger partial charge in [-0.05, 0) is 59.7 Å². The number of carbonyl (C=O) groups is 1. The number of rotatable bonds is 9. The van der Waals surface area contributed by atoms with E-state index in [1.54, 1.807) is 30.6 Å². The fourth-order valence-corrected chi connectivity index (χ4v) is 3.49. The summed E-state index contributed by atoms with van der Waals surface area (Å²) in [5.74, 6) is -2.97. The molecular formula is C22H20F2N2O5S. The Bertz CT molecular complexity index is 1170. The number of nitrogens with zero attached hydrogens (tertiary/aromatic N) is 1. The number of ether oxygens (including phenoxy) is 2. The molecule has 0 bridgehead atoms. The van der Waals surface area contributed by atoms with Gasteiger partial charge in [0.2, 0.25) is 9.84 Å². The monoisotopic (exact) mass is 462 g/mol. The number of amides is 1. The maximum absolute atomic E-state index is 12.6. The largest absolute Gasteiger partial charge is 0.493 e. The minimum atomic E-state index is -4.70. The number of carbonyl (C=O) groups excluding carboxylic acids is 1. The van der Waals surface area contributed by atoms with Crippen molar-refractivity contribution in [1.82, 2.24) is 10.3 Å². The summed E-state index contributed by atoms with van der Waals surface area (Å²) in [6.45, 7) is 0.503. The molecule has 3 rings (SSSR count). The van der Waals surface area contributed by atoms with E-state index < -0.39 is 26.4 Å². The van der Waals surface area contributed by atoms with Crippen LogP contribution in [0.3, 0.4) is 0 Å². The predicted octanol–water partition coefficient (Wildman–Crippen LogP) is 3.60. The smallest absolute Gasteiger partial charge is 0.341 e. The van der Waals surface area contributed by atoms with Gasteiger partial charge in [-0.25, -0.2) is 8.42 Å². The van der Waals surface area contributed by atoms with Gasteiger partial charge < -0.3 is 14.8 Å². The first-order chi connectivity index (χ1) is 15.3. The number of benzene rings is 2. The van der Waals surface area contributed by atoms with Crippen LogP contribution in [0, 0.1) is 0 Å². The van der Waals surface area contributed by atoms with Crippen LogP contribution < -0.4 is 14.8 Å². The fraction of sp³-hybridized carbons (Fsp3) is 0.182. The minimum Gasteiger partial charge on any atom is -0.493 e. The predicted molar refractivity (Wildman–Crippen MR) is 112 cm³/mol. The van der Waals surface area contributed by atoms with Crippen LogP contribution >= 0.6 is 0 Å². The zero-order valence-electron chi connectivity index (χ0n) is 17.0. The summed E-state index contributed by atoms with van der Waals surface area (Å²) < 4.78 is 59.3. The quantitative estimate of drug-likeness (QED) is 0.522. The van der Waals surface area contributed by atoms with Gasteiger partial charge in [0, 0.05) is 24.5 Å². The van der Waals surface area contributed by atoms with E-state index in [-0.39, 0.29) is 12.1 Å². The van der Waals surface area contributed by atoms with Gasteiger partial charge in [-0.2, -0.15) is 8.78 Å². The molecule has 1 amide bonds. The van der Waals surface area contributed by atoms with E-state index in [2.05, 4.69) is 10.3 Å². The van der Waals surface area contributed by atoms with Crippen LogP contribution in [0.1, 0.15) is 21.5 Å². The van der Waals surface area contributed by atoms with Gasteiger partial charge in [0.1, 0.15) is 6.61 Å². The lowest BCUT2D eigenvalue weighted by atomic mass is 10.1. The van der Waals surface area contributed by atoms with Gasteiger partial charge >= 0.3 is 5.76 Å². The molecule has 2 aromatic carbocycles. The first-order valence-electron chi connectivity index (χ1n) is 9.40. The molecule has 32 heavy (non-hydrogen) atoms. The van der Waals surface area contributed by atoms with Gasteiger partial charge in [0.05, 0.1) is 12.0 Å². The summed E-state index contributed by atoms with van der Waals surface area (Å²) in [6.07, 6.45) is 3.35. The van der Waals surface area contributed by atoms with E-state index in [1.807, 2.05) is 12.1 Å². The standard InChI is InChI=1S/C22H20F2N2O5S/c1-30-20-12-16(2-7-19(20)31-14-15-8-10-25-11-9-15)13-26-21(27)17-3-5-18(6-4-17)32(28,29)22(23)24/h2-12,22H,13-14H2,1H3,(H,26,27). The summed E-state index contributed by atoms with van der Waals surface area (Å²) in [6, 6.07) is 13.2. The average Bonchev–Trinajstić information content (AvgIpc) is 2.82. The molecule has 7 nitrogen and oxygen atoms in total. The van der Waals surface area contributed by atoms with Gasteiger partial charge in [0.25, 0.3) is 5.91 Å². The highest BCUT2D eigenvalue weighted by molar-refractivity contribution is 7.91. The Balaban J connectivity index is 1.62. The minimum absolute atomic E-state index is 0.141. The number of sulfone groups is 1. The Morgan fingerprint density at radius 3 is 2.31 bits per heavy atom. The third-order valence-corrected chi connectivity index (χ3v) is 5.90. The Morgan fingerprint density at radius 1 is 1.00 bits per heavy atom. The van der Waals surface area contributed by atoms with Crippen LogP contribution in [0.2, 0.25) is 0 Å². The van der Waals surface area contributed by atoms with Crippen molar-refractivity contribution in [2.75, 3.05) is 7.11 Å². The zero-order chi connectivity index (χ0) is 23.1. The van der Waals surface area contributed by atoms with E-state index >= 15 is 0 Å². The molecule has 0 aliphatic carbocycles. The van der Waals surface area contributed by atoms with Gasteiger partial charge in [0.15, 0.2) is 11.5 Å². The highest BCUT2D eigenvalue weighted by Gasteiger charge is 2.26. The van der Waals surface area contributed by atoms with Crippen molar-refractivity contribution in [3.63, 3.8) is 0 Å². The molecule has 0 aliphatic heterocycles. The molecule has 1 heterocycles. The molecule has 3 aromatic rings. The first kappa shape index (κ1) is 23.1. The van der Waals surface area contributed by atoms with E-state index in [4.69, 9.17) is 9.47 Å². The average molecular weight is 462 g/mol. The molecule has 1 aromatic heterocycles. The number of methoxy groups -OCH3 is 1. The van der Waals surface area contributed by atoms with Crippen molar-refractivity contribution in [3.8, 4) is 11.5 Å². The van der Waals surface area contributed by atoms with Gasteiger partial charge in [-0.3, -0.25) is 9.78 Å². The maximum atomic E-state index is 12.6. The van der Waals surface area contributed by atoms with Crippen molar-refractivity contribution in [2.24, 2.45) is 0 Å². The van der Waals surface area contributed by atoms with Crippen molar-refractivity contribution in [2.45, 2.75) is 23.8 Å². The van der Waals surface area contributed by atoms with Crippen LogP contribution in [-0.2, 0) is 23.0 Å². The first-order valence-corrected chi connectivity index (χ1v) is 10.9. The molecule has 0 saturated carbocycles. The molecular weight excluding hydrogens is 442 g/mol. The van der Waals surface area contributed by atoms with E-state index in [1.165, 1.54) is 19.2 Å². The molecule has 0 radical (unpaired) electrons. The molecule has 0 atom stereocenters. The highest BCUT2D eigenvalue weighted by atomic mass is 32.2. The molecule has 0 spiro atoms. The summed E-state index contributed by atoms with van der Waals surface area (Å²) in [4.78, 5) is 15.7. The molecule has 10 heteroatoms. The Labute approximate surface area is 183 Å². The van der Waals surface area contributed by atoms with Crippen LogP contribution in [0.15, 0.2) is 71.9 Å². The fourth-order valence-electron chi connectivity index (χ4n) is 2.76. The molecule has 0 fully saturated rings. The number of hydrogen-bond acceptors (Lipinski definition) is 6. The van der Waals surface area contributed by atoms with Crippen LogP contribution in [0.25, 0.3) is 0 Å². The second-order valence-corrected chi connectivity index (χ2v) is 8.56. The third kappa shape index (κ3) is 5.58. The highest BCUT2D eigenvalue weighted by Crippen LogP contribution is 2.29. The van der Waals surface area contributed by atoms with Gasteiger partial charge in [-0.15, -0.1) is 0 Å². The molecule has 1 N–H and O–H groups in total. The second-order valence-electron chi connectivity index (χ2n) is 6.64. The Kier molecular flexibility index (Phi) is 7.37. The van der Waals surface area contributed by atoms with Crippen LogP contribution in [0.4, 0.5) is 8.78 Å². The lowest BCUT2D eigenvalue weighted by Crippen LogP contribution is -2.23. The molecule has 0 unspecified atom stereocenters. The summed E-state index contributed by atoms with van der Waals surface area (Å²) in [5.41, 5.74) is 1.83. The van der Waals surface area contributed by atoms with E-state index in [9.17, 15) is 22.0 Å². The molecule has 168 valence electrons. The Morgan fingerprint density at radius 2 is 1.69 bits per heavy atom. The number of hydrogen-bond donors (Lipinski definition) is 1. The van der Waals surface area contributed by atoms with Crippen molar-refractivity contribution in [1.29, 1.82) is 0 Å². The van der Waals surface area contributed by atoms with Crippen molar-refractivity contribution >= 4 is 15.7 Å². The maximum Gasteiger partial charge on any atom is 0.341 e. The zero-order valence-corrected chi connectivity index (χ0v) is 17.8. The SMILES string of the molecule is COc1cc(CNC(=O)c2ccc(S(=O)(=O)C(F)F)cc2)ccc1OCc1ccncc1.